The molecule has 178 valence electrons. The van der Waals surface area contributed by atoms with Crippen molar-refractivity contribution in [2.75, 3.05) is 44.8 Å². The number of pyridine rings is 3. The van der Waals surface area contributed by atoms with Gasteiger partial charge in [0.2, 0.25) is 0 Å². The lowest BCUT2D eigenvalue weighted by Gasteiger charge is -2.49. The Morgan fingerprint density at radius 2 is 2.12 bits per heavy atom. The number of fused-ring (bicyclic) bond motifs is 1. The van der Waals surface area contributed by atoms with Gasteiger partial charge in [-0.1, -0.05) is 6.92 Å². The third kappa shape index (κ3) is 4.17. The second-order valence-corrected chi connectivity index (χ2v) is 9.12. The van der Waals surface area contributed by atoms with Gasteiger partial charge in [0.25, 0.3) is 11.5 Å². The van der Waals surface area contributed by atoms with Gasteiger partial charge in [-0.3, -0.25) is 19.5 Å². The van der Waals surface area contributed by atoms with Crippen molar-refractivity contribution < 1.29 is 9.53 Å². The fraction of sp³-hybridized carbons (Fsp3) is 0.440. The van der Waals surface area contributed by atoms with Crippen LogP contribution in [0.2, 0.25) is 0 Å². The maximum Gasteiger partial charge on any atom is 0.269 e. The topological polar surface area (TPSA) is 103 Å². The van der Waals surface area contributed by atoms with Crippen LogP contribution in [-0.4, -0.2) is 71.2 Å². The third-order valence-electron chi connectivity index (χ3n) is 6.95. The summed E-state index contributed by atoms with van der Waals surface area (Å²) in [5.41, 5.74) is 4.67. The second kappa shape index (κ2) is 9.15. The molecule has 0 radical (unpaired) electrons. The molecule has 2 aliphatic rings. The summed E-state index contributed by atoms with van der Waals surface area (Å²) in [4.78, 5) is 40.9. The monoisotopic (exact) mass is 462 g/mol. The number of amides is 1. The lowest BCUT2D eigenvalue weighted by molar-refractivity contribution is 0.0958. The first-order valence-electron chi connectivity index (χ1n) is 11.8. The molecule has 34 heavy (non-hydrogen) atoms. The summed E-state index contributed by atoms with van der Waals surface area (Å²) < 4.78 is 5.86. The van der Waals surface area contributed by atoms with E-state index in [1.807, 2.05) is 31.3 Å². The largest absolute Gasteiger partial charge is 0.379 e. The molecule has 1 amide bonds. The standard InChI is InChI=1S/C25H30N6O3/c1-3-18-11-21-22(29-23(18)32)10-17(12-27-21)14-30-7-8-31(25(15-30)6-9-34-16-25)19-4-5-20(28-13-19)24(33)26-2/h4-5,10-13H,3,6-9,14-16H2,1-2H3,(H,26,33)(H,29,32). The summed E-state index contributed by atoms with van der Waals surface area (Å²) >= 11 is 0. The minimum Gasteiger partial charge on any atom is -0.379 e. The number of carbonyl (C=O) groups excluding carboxylic acids is 1. The van der Waals surface area contributed by atoms with E-state index in [-0.39, 0.29) is 17.0 Å². The Labute approximate surface area is 198 Å². The summed E-state index contributed by atoms with van der Waals surface area (Å²) in [5, 5.41) is 2.61. The van der Waals surface area contributed by atoms with Crippen molar-refractivity contribution >= 4 is 22.6 Å². The first-order valence-corrected chi connectivity index (χ1v) is 11.8. The SMILES string of the molecule is CCc1cc2ncc(CN3CCN(c4ccc(C(=O)NC)nc4)C4(CCOC4)C3)cc2[nH]c1=O. The van der Waals surface area contributed by atoms with E-state index in [9.17, 15) is 9.59 Å². The Kier molecular flexibility index (Phi) is 6.05. The molecule has 0 aromatic carbocycles. The number of aromatic nitrogens is 3. The Bertz CT molecular complexity index is 1250. The predicted octanol–water partition coefficient (Wildman–Crippen LogP) is 1.72. The van der Waals surface area contributed by atoms with Gasteiger partial charge in [-0.15, -0.1) is 0 Å². The minimum absolute atomic E-state index is 0.0410. The van der Waals surface area contributed by atoms with Crippen molar-refractivity contribution in [2.24, 2.45) is 0 Å². The van der Waals surface area contributed by atoms with Crippen LogP contribution in [-0.2, 0) is 17.7 Å². The first-order chi connectivity index (χ1) is 16.5. The Balaban J connectivity index is 1.35. The number of hydrogen-bond acceptors (Lipinski definition) is 7. The Morgan fingerprint density at radius 1 is 1.24 bits per heavy atom. The number of carbonyl (C=O) groups is 1. The molecule has 0 aliphatic carbocycles. The van der Waals surface area contributed by atoms with Gasteiger partial charge in [-0.2, -0.15) is 0 Å². The van der Waals surface area contributed by atoms with E-state index in [0.717, 1.165) is 67.1 Å². The van der Waals surface area contributed by atoms with Gasteiger partial charge in [-0.25, -0.2) is 4.98 Å². The van der Waals surface area contributed by atoms with Crippen LogP contribution in [0.3, 0.4) is 0 Å². The number of aromatic amines is 1. The zero-order chi connectivity index (χ0) is 23.7. The zero-order valence-corrected chi connectivity index (χ0v) is 19.6. The van der Waals surface area contributed by atoms with Gasteiger partial charge in [0, 0.05) is 51.6 Å². The highest BCUT2D eigenvalue weighted by molar-refractivity contribution is 5.92. The molecule has 0 bridgehead atoms. The van der Waals surface area contributed by atoms with Crippen LogP contribution in [0.1, 0.15) is 35.0 Å². The summed E-state index contributed by atoms with van der Waals surface area (Å²) in [6.07, 6.45) is 5.32. The number of anilines is 1. The van der Waals surface area contributed by atoms with Gasteiger partial charge in [0.05, 0.1) is 35.1 Å². The second-order valence-electron chi connectivity index (χ2n) is 9.12. The maximum absolute atomic E-state index is 12.2. The molecule has 2 N–H and O–H groups in total. The van der Waals surface area contributed by atoms with Crippen molar-refractivity contribution in [3.05, 3.63) is 63.8 Å². The molecular formula is C25H30N6O3. The van der Waals surface area contributed by atoms with Crippen molar-refractivity contribution in [1.29, 1.82) is 0 Å². The number of hydrogen-bond donors (Lipinski definition) is 2. The van der Waals surface area contributed by atoms with Crippen LogP contribution < -0.4 is 15.8 Å². The molecule has 2 fully saturated rings. The van der Waals surface area contributed by atoms with Gasteiger partial charge >= 0.3 is 0 Å². The van der Waals surface area contributed by atoms with E-state index in [4.69, 9.17) is 4.74 Å². The molecule has 3 aromatic heterocycles. The lowest BCUT2D eigenvalue weighted by atomic mass is 9.91. The van der Waals surface area contributed by atoms with Gasteiger partial charge in [-0.05, 0) is 42.7 Å². The number of H-pyrrole nitrogens is 1. The number of aryl methyl sites for hydroxylation is 1. The fourth-order valence-electron chi connectivity index (χ4n) is 5.11. The van der Waals surface area contributed by atoms with Crippen LogP contribution in [0.15, 0.2) is 41.5 Å². The Morgan fingerprint density at radius 3 is 2.82 bits per heavy atom. The van der Waals surface area contributed by atoms with Gasteiger partial charge < -0.3 is 19.9 Å². The number of ether oxygens (including phenoxy) is 1. The summed E-state index contributed by atoms with van der Waals surface area (Å²) in [6.45, 7) is 6.68. The average Bonchev–Trinajstić information content (AvgIpc) is 3.31. The molecule has 1 atom stereocenters. The highest BCUT2D eigenvalue weighted by atomic mass is 16.5. The van der Waals surface area contributed by atoms with Crippen molar-refractivity contribution in [2.45, 2.75) is 31.8 Å². The molecule has 9 heteroatoms. The van der Waals surface area contributed by atoms with E-state index in [0.29, 0.717) is 18.7 Å². The Hall–Kier alpha value is -3.30. The molecule has 9 nitrogen and oxygen atoms in total. The molecule has 2 aliphatic heterocycles. The van der Waals surface area contributed by atoms with E-state index < -0.39 is 0 Å². The van der Waals surface area contributed by atoms with Crippen LogP contribution in [0.5, 0.6) is 0 Å². The van der Waals surface area contributed by atoms with Crippen LogP contribution in [0, 0.1) is 0 Å². The molecule has 0 saturated carbocycles. The quantitative estimate of drug-likeness (QED) is 0.595. The summed E-state index contributed by atoms with van der Waals surface area (Å²) in [6, 6.07) is 7.66. The van der Waals surface area contributed by atoms with E-state index in [2.05, 4.69) is 30.1 Å². The van der Waals surface area contributed by atoms with E-state index >= 15 is 0 Å². The van der Waals surface area contributed by atoms with Gasteiger partial charge in [0.15, 0.2) is 0 Å². The van der Waals surface area contributed by atoms with Crippen LogP contribution in [0.4, 0.5) is 5.69 Å². The molecule has 5 heterocycles. The highest BCUT2D eigenvalue weighted by Gasteiger charge is 2.45. The summed E-state index contributed by atoms with van der Waals surface area (Å²) in [5.74, 6) is -0.188. The average molecular weight is 463 g/mol. The van der Waals surface area contributed by atoms with E-state index in [1.165, 1.54) is 0 Å². The molecule has 5 rings (SSSR count). The van der Waals surface area contributed by atoms with Crippen molar-refractivity contribution in [1.82, 2.24) is 25.2 Å². The van der Waals surface area contributed by atoms with Crippen LogP contribution in [0.25, 0.3) is 11.0 Å². The van der Waals surface area contributed by atoms with Crippen LogP contribution >= 0.6 is 0 Å². The number of rotatable bonds is 5. The van der Waals surface area contributed by atoms with E-state index in [1.54, 1.807) is 19.3 Å². The zero-order valence-electron chi connectivity index (χ0n) is 19.6. The van der Waals surface area contributed by atoms with Crippen molar-refractivity contribution in [3.63, 3.8) is 0 Å². The molecular weight excluding hydrogens is 432 g/mol. The third-order valence-corrected chi connectivity index (χ3v) is 6.95. The number of nitrogens with zero attached hydrogens (tertiary/aromatic N) is 4. The molecule has 2 saturated heterocycles. The smallest absolute Gasteiger partial charge is 0.269 e. The van der Waals surface area contributed by atoms with Crippen molar-refractivity contribution in [3.8, 4) is 0 Å². The predicted molar refractivity (Wildman–Crippen MR) is 130 cm³/mol. The van der Waals surface area contributed by atoms with Gasteiger partial charge in [0.1, 0.15) is 5.69 Å². The number of nitrogens with one attached hydrogen (secondary N) is 2. The molecule has 1 spiro atoms. The maximum atomic E-state index is 12.2. The number of piperazine rings is 1. The molecule has 1 unspecified atom stereocenters. The first kappa shape index (κ1) is 22.5. The normalized spacial score (nSPS) is 20.8. The molecule has 3 aromatic rings. The lowest BCUT2D eigenvalue weighted by Crippen LogP contribution is -2.63. The highest BCUT2D eigenvalue weighted by Crippen LogP contribution is 2.35. The summed E-state index contributed by atoms with van der Waals surface area (Å²) in [7, 11) is 1.60. The minimum atomic E-state index is -0.188. The fourth-order valence-corrected chi connectivity index (χ4v) is 5.11.